The molecule has 2 rings (SSSR count). The first-order chi connectivity index (χ1) is 11.7. The highest BCUT2D eigenvalue weighted by Crippen LogP contribution is 2.31. The third-order valence-electron chi connectivity index (χ3n) is 3.39. The lowest BCUT2D eigenvalue weighted by molar-refractivity contribution is -0.138. The highest BCUT2D eigenvalue weighted by Gasteiger charge is 2.31. The first-order valence-electron chi connectivity index (χ1n) is 7.48. The third kappa shape index (κ3) is 5.88. The van der Waals surface area contributed by atoms with Crippen molar-refractivity contribution in [2.24, 2.45) is 0 Å². The first-order valence-corrected chi connectivity index (χ1v) is 7.48. The van der Waals surface area contributed by atoms with Crippen LogP contribution >= 0.6 is 0 Å². The molecule has 25 heavy (non-hydrogen) atoms. The van der Waals surface area contributed by atoms with Gasteiger partial charge in [-0.25, -0.2) is 0 Å². The summed E-state index contributed by atoms with van der Waals surface area (Å²) < 4.78 is 75.6. The molecule has 0 aliphatic carbocycles. The second-order valence-electron chi connectivity index (χ2n) is 5.36. The molecule has 2 aromatic rings. The first kappa shape index (κ1) is 19.0. The number of rotatable bonds is 6. The summed E-state index contributed by atoms with van der Waals surface area (Å²) >= 11 is 0. The van der Waals surface area contributed by atoms with Crippen molar-refractivity contribution >= 4 is 11.4 Å². The van der Waals surface area contributed by atoms with Crippen molar-refractivity contribution in [1.29, 1.82) is 0 Å². The lowest BCUT2D eigenvalue weighted by atomic mass is 10.2. The molecule has 2 aromatic carbocycles. The third-order valence-corrected chi connectivity index (χ3v) is 3.39. The van der Waals surface area contributed by atoms with Gasteiger partial charge in [-0.3, -0.25) is 0 Å². The van der Waals surface area contributed by atoms with Gasteiger partial charge in [-0.15, -0.1) is 0 Å². The molecule has 0 heterocycles. The number of anilines is 2. The van der Waals surface area contributed by atoms with Gasteiger partial charge in [-0.05, 0) is 42.8 Å². The quantitative estimate of drug-likeness (QED) is 0.513. The van der Waals surface area contributed by atoms with Crippen LogP contribution in [0.3, 0.4) is 0 Å². The van der Waals surface area contributed by atoms with Crippen LogP contribution in [0.15, 0.2) is 48.5 Å². The second kappa shape index (κ2) is 7.67. The molecule has 2 nitrogen and oxygen atoms in total. The zero-order chi connectivity index (χ0) is 18.5. The Balaban J connectivity index is 1.79. The molecule has 0 amide bonds. The summed E-state index contributed by atoms with van der Waals surface area (Å²) in [6.07, 6.45) is -8.28. The van der Waals surface area contributed by atoms with E-state index in [9.17, 15) is 26.3 Å². The Morgan fingerprint density at radius 2 is 1.04 bits per heavy atom. The van der Waals surface area contributed by atoms with Crippen LogP contribution in [0.25, 0.3) is 0 Å². The maximum absolute atomic E-state index is 12.6. The summed E-state index contributed by atoms with van der Waals surface area (Å²) in [5.74, 6) is 0. The molecular weight excluding hydrogens is 346 g/mol. The number of nitrogens with one attached hydrogen (secondary N) is 2. The molecule has 136 valence electrons. The topological polar surface area (TPSA) is 24.1 Å². The maximum Gasteiger partial charge on any atom is 0.416 e. The lowest BCUT2D eigenvalue weighted by Crippen LogP contribution is -2.11. The largest absolute Gasteiger partial charge is 0.416 e. The second-order valence-corrected chi connectivity index (χ2v) is 5.36. The van der Waals surface area contributed by atoms with Crippen LogP contribution < -0.4 is 10.6 Å². The number of hydrogen-bond donors (Lipinski definition) is 2. The van der Waals surface area contributed by atoms with Crippen molar-refractivity contribution in [3.05, 3.63) is 59.7 Å². The molecule has 0 spiro atoms. The van der Waals surface area contributed by atoms with Crippen LogP contribution in [-0.2, 0) is 12.4 Å². The SMILES string of the molecule is FC(F)(F)c1cccc(NCCCNc2cccc(C(F)(F)F)c2)c1. The van der Waals surface area contributed by atoms with E-state index in [1.165, 1.54) is 24.3 Å². The van der Waals surface area contributed by atoms with Gasteiger partial charge in [-0.2, -0.15) is 26.3 Å². The molecule has 0 bridgehead atoms. The zero-order valence-electron chi connectivity index (χ0n) is 13.0. The van der Waals surface area contributed by atoms with Gasteiger partial charge < -0.3 is 10.6 Å². The van der Waals surface area contributed by atoms with Gasteiger partial charge in [0.05, 0.1) is 11.1 Å². The minimum absolute atomic E-state index is 0.342. The van der Waals surface area contributed by atoms with Crippen molar-refractivity contribution in [3.63, 3.8) is 0 Å². The van der Waals surface area contributed by atoms with Crippen LogP contribution in [0, 0.1) is 0 Å². The summed E-state index contributed by atoms with van der Waals surface area (Å²) in [5, 5.41) is 5.72. The van der Waals surface area contributed by atoms with Crippen molar-refractivity contribution in [2.75, 3.05) is 23.7 Å². The Bertz CT molecular complexity index is 635. The minimum atomic E-state index is -4.40. The van der Waals surface area contributed by atoms with E-state index in [2.05, 4.69) is 10.6 Å². The summed E-state index contributed by atoms with van der Waals surface area (Å²) in [4.78, 5) is 0. The molecule has 0 saturated carbocycles. The monoisotopic (exact) mass is 362 g/mol. The standard InChI is InChI=1S/C17H16F6N2/c18-16(19,20)12-4-1-6-14(10-12)24-8-3-9-25-15-7-2-5-13(11-15)17(21,22)23/h1-2,4-7,10-11,24-25H,3,8-9H2. The van der Waals surface area contributed by atoms with Crippen LogP contribution in [-0.4, -0.2) is 13.1 Å². The van der Waals surface area contributed by atoms with Crippen molar-refractivity contribution in [3.8, 4) is 0 Å². The fourth-order valence-electron chi connectivity index (χ4n) is 2.16. The number of halogens is 6. The van der Waals surface area contributed by atoms with Crippen molar-refractivity contribution in [2.45, 2.75) is 18.8 Å². The molecule has 0 atom stereocenters. The van der Waals surface area contributed by atoms with Gasteiger partial charge in [-0.1, -0.05) is 12.1 Å². The highest BCUT2D eigenvalue weighted by atomic mass is 19.4. The summed E-state index contributed by atoms with van der Waals surface area (Å²) in [6, 6.07) is 9.67. The summed E-state index contributed by atoms with van der Waals surface area (Å²) in [7, 11) is 0. The average Bonchev–Trinajstić information content (AvgIpc) is 2.53. The predicted octanol–water partition coefficient (Wildman–Crippen LogP) is 5.64. The molecule has 0 aliphatic heterocycles. The molecule has 0 aromatic heterocycles. The maximum atomic E-state index is 12.6. The van der Waals surface area contributed by atoms with Crippen LogP contribution in [0.5, 0.6) is 0 Å². The Kier molecular flexibility index (Phi) is 5.81. The van der Waals surface area contributed by atoms with Gasteiger partial charge in [0.25, 0.3) is 0 Å². The van der Waals surface area contributed by atoms with E-state index in [1.54, 1.807) is 0 Å². The lowest BCUT2D eigenvalue weighted by Gasteiger charge is -2.12. The number of hydrogen-bond acceptors (Lipinski definition) is 2. The fraction of sp³-hybridized carbons (Fsp3) is 0.294. The fourth-order valence-corrected chi connectivity index (χ4v) is 2.16. The molecule has 0 saturated heterocycles. The Morgan fingerprint density at radius 1 is 0.640 bits per heavy atom. The van der Waals surface area contributed by atoms with E-state index in [0.29, 0.717) is 30.9 Å². The van der Waals surface area contributed by atoms with Crippen LogP contribution in [0.4, 0.5) is 37.7 Å². The van der Waals surface area contributed by atoms with Gasteiger partial charge in [0.1, 0.15) is 0 Å². The minimum Gasteiger partial charge on any atom is -0.385 e. The molecule has 8 heteroatoms. The molecule has 0 radical (unpaired) electrons. The predicted molar refractivity (Wildman–Crippen MR) is 84.5 cm³/mol. The zero-order valence-corrected chi connectivity index (χ0v) is 13.0. The molecule has 0 fully saturated rings. The van der Waals surface area contributed by atoms with Gasteiger partial charge in [0.2, 0.25) is 0 Å². The van der Waals surface area contributed by atoms with Gasteiger partial charge in [0.15, 0.2) is 0 Å². The van der Waals surface area contributed by atoms with Crippen LogP contribution in [0.2, 0.25) is 0 Å². The smallest absolute Gasteiger partial charge is 0.385 e. The number of benzene rings is 2. The Hall–Kier alpha value is -2.38. The summed E-state index contributed by atoms with van der Waals surface area (Å²) in [6.45, 7) is 0.764. The van der Waals surface area contributed by atoms with Crippen molar-refractivity contribution in [1.82, 2.24) is 0 Å². The highest BCUT2D eigenvalue weighted by molar-refractivity contribution is 5.47. The van der Waals surface area contributed by atoms with E-state index in [4.69, 9.17) is 0 Å². The Morgan fingerprint density at radius 3 is 1.40 bits per heavy atom. The number of alkyl halides is 6. The molecule has 0 unspecified atom stereocenters. The van der Waals surface area contributed by atoms with E-state index >= 15 is 0 Å². The average molecular weight is 362 g/mol. The Labute approximate surface area is 140 Å². The van der Waals surface area contributed by atoms with Gasteiger partial charge >= 0.3 is 12.4 Å². The summed E-state index contributed by atoms with van der Waals surface area (Å²) in [5.41, 5.74) is -0.790. The normalized spacial score (nSPS) is 12.1. The van der Waals surface area contributed by atoms with Crippen LogP contribution in [0.1, 0.15) is 17.5 Å². The molecule has 0 aliphatic rings. The van der Waals surface area contributed by atoms with E-state index in [0.717, 1.165) is 24.3 Å². The van der Waals surface area contributed by atoms with Crippen molar-refractivity contribution < 1.29 is 26.3 Å². The van der Waals surface area contributed by atoms with E-state index in [1.807, 2.05) is 0 Å². The van der Waals surface area contributed by atoms with E-state index in [-0.39, 0.29) is 0 Å². The van der Waals surface area contributed by atoms with E-state index < -0.39 is 23.5 Å². The molecule has 2 N–H and O–H groups in total. The molecular formula is C17H16F6N2. The van der Waals surface area contributed by atoms with Gasteiger partial charge in [0, 0.05) is 24.5 Å².